The molecule has 0 aliphatic heterocycles. The summed E-state index contributed by atoms with van der Waals surface area (Å²) in [6, 6.07) is 0. The summed E-state index contributed by atoms with van der Waals surface area (Å²) < 4.78 is 1.22. The number of unbranched alkanes of at least 4 members (excludes halogenated alkanes) is 2. The first-order chi connectivity index (χ1) is 5.72. The molecule has 12 heavy (non-hydrogen) atoms. The summed E-state index contributed by atoms with van der Waals surface area (Å²) in [4.78, 5) is 2.40. The van der Waals surface area contributed by atoms with E-state index in [1.165, 1.54) is 42.2 Å². The molecule has 71 valence electrons. The molecule has 0 bridgehead atoms. The minimum absolute atomic E-state index is 1.19. The first-order valence-corrected chi connectivity index (χ1v) is 6.39. The van der Waals surface area contributed by atoms with Gasteiger partial charge in [0.2, 0.25) is 0 Å². The monoisotopic (exact) mass is 300 g/mol. The molecule has 0 spiro atoms. The summed E-state index contributed by atoms with van der Waals surface area (Å²) in [5, 5.41) is 0. The third-order valence-electron chi connectivity index (χ3n) is 1.82. The molecule has 1 radical (unpaired) electrons. The maximum atomic E-state index is 3.04. The van der Waals surface area contributed by atoms with E-state index in [-0.39, 0.29) is 0 Å². The van der Waals surface area contributed by atoms with Gasteiger partial charge < -0.3 is 0 Å². The Kier molecular flexibility index (Phi) is 8.80. The third-order valence-corrected chi connectivity index (χ3v) is 2.90. The van der Waals surface area contributed by atoms with E-state index in [0.29, 0.717) is 0 Å². The van der Waals surface area contributed by atoms with Gasteiger partial charge in [-0.1, -0.05) is 0 Å². The van der Waals surface area contributed by atoms with Crippen LogP contribution in [0.3, 0.4) is 0 Å². The van der Waals surface area contributed by atoms with Crippen molar-refractivity contribution in [2.24, 2.45) is 0 Å². The predicted octanol–water partition coefficient (Wildman–Crippen LogP) is 1.31. The zero-order chi connectivity index (χ0) is 9.40. The van der Waals surface area contributed by atoms with Crippen molar-refractivity contribution in [1.29, 1.82) is 0 Å². The van der Waals surface area contributed by atoms with E-state index in [1.54, 1.807) is 0 Å². The van der Waals surface area contributed by atoms with Crippen LogP contribution in [0.1, 0.15) is 39.5 Å². The molecule has 0 rings (SSSR count). The number of nitrogens with zero attached hydrogens (tertiary/aromatic N) is 1. The zero-order valence-corrected chi connectivity index (χ0v) is 11.4. The summed E-state index contributed by atoms with van der Waals surface area (Å²) in [7, 11) is 0. The van der Waals surface area contributed by atoms with Gasteiger partial charge in [-0.2, -0.15) is 0 Å². The van der Waals surface area contributed by atoms with Crippen LogP contribution in [-0.2, 0) is 0 Å². The van der Waals surface area contributed by atoms with Gasteiger partial charge in [0.05, 0.1) is 0 Å². The van der Waals surface area contributed by atoms with Crippen LogP contribution in [0.25, 0.3) is 0 Å². The Morgan fingerprint density at radius 1 is 1.08 bits per heavy atom. The van der Waals surface area contributed by atoms with Crippen LogP contribution in [0.15, 0.2) is 0 Å². The van der Waals surface area contributed by atoms with E-state index in [0.717, 1.165) is 0 Å². The molecule has 0 atom stereocenters. The van der Waals surface area contributed by atoms with Crippen molar-refractivity contribution in [3.05, 3.63) is 0 Å². The topological polar surface area (TPSA) is 3.24 Å². The Morgan fingerprint density at radius 3 is 1.75 bits per heavy atom. The average molecular weight is 298 g/mol. The molecule has 0 saturated heterocycles. The van der Waals surface area contributed by atoms with Crippen LogP contribution in [0.5, 0.6) is 0 Å². The summed E-state index contributed by atoms with van der Waals surface area (Å²) in [5.74, 6) is 0. The second-order valence-electron chi connectivity index (χ2n) is 2.96. The SMILES string of the molecule is CCCCN(CCCC)C([Se])=[Se]. The third kappa shape index (κ3) is 6.25. The molecule has 0 aliphatic rings. The van der Waals surface area contributed by atoms with E-state index < -0.39 is 0 Å². The first-order valence-electron chi connectivity index (χ1n) is 4.68. The summed E-state index contributed by atoms with van der Waals surface area (Å²) in [6.07, 6.45) is 5.12. The Bertz CT molecular complexity index is 118. The molecule has 0 fully saturated rings. The fourth-order valence-electron chi connectivity index (χ4n) is 0.992. The van der Waals surface area contributed by atoms with E-state index in [2.05, 4.69) is 50.3 Å². The summed E-state index contributed by atoms with van der Waals surface area (Å²) in [6.45, 7) is 6.84. The maximum absolute atomic E-state index is 3.04. The molecule has 0 unspecified atom stereocenters. The van der Waals surface area contributed by atoms with E-state index in [1.807, 2.05) is 0 Å². The van der Waals surface area contributed by atoms with E-state index in [4.69, 9.17) is 0 Å². The molecule has 0 heterocycles. The summed E-state index contributed by atoms with van der Waals surface area (Å²) in [5.41, 5.74) is 0. The quantitative estimate of drug-likeness (QED) is 0.641. The standard InChI is InChI=1S/C9H18NSe2/c1-3-5-7-10(9(11)12)8-6-4-2/h3-8H2,1-2H3. The van der Waals surface area contributed by atoms with Gasteiger partial charge in [-0.05, 0) is 0 Å². The zero-order valence-electron chi connectivity index (χ0n) is 8.01. The van der Waals surface area contributed by atoms with Crippen LogP contribution in [-0.4, -0.2) is 53.0 Å². The molecule has 0 aromatic heterocycles. The van der Waals surface area contributed by atoms with Gasteiger partial charge >= 0.3 is 92.5 Å². The Labute approximate surface area is 92.5 Å². The normalized spacial score (nSPS) is 9.83. The average Bonchev–Trinajstić information content (AvgIpc) is 2.04. The fourth-order valence-corrected chi connectivity index (χ4v) is 1.76. The molecule has 1 nitrogen and oxygen atoms in total. The number of hydrogen-bond donors (Lipinski definition) is 0. The van der Waals surface area contributed by atoms with Gasteiger partial charge in [0.25, 0.3) is 0 Å². The molecule has 0 amide bonds. The van der Waals surface area contributed by atoms with Crippen molar-refractivity contribution < 1.29 is 0 Å². The van der Waals surface area contributed by atoms with E-state index in [9.17, 15) is 0 Å². The van der Waals surface area contributed by atoms with Crippen molar-refractivity contribution in [2.75, 3.05) is 13.1 Å². The van der Waals surface area contributed by atoms with E-state index >= 15 is 0 Å². The minimum atomic E-state index is 1.19. The van der Waals surface area contributed by atoms with Gasteiger partial charge in [0.15, 0.2) is 0 Å². The molecule has 0 aliphatic carbocycles. The molecular formula is C9H18NSe2. The van der Waals surface area contributed by atoms with Crippen LogP contribution in [0.2, 0.25) is 0 Å². The Balaban J connectivity index is 3.62. The summed E-state index contributed by atoms with van der Waals surface area (Å²) >= 11 is 6.09. The molecule has 0 N–H and O–H groups in total. The molecule has 0 aromatic rings. The van der Waals surface area contributed by atoms with Gasteiger partial charge in [-0.15, -0.1) is 0 Å². The van der Waals surface area contributed by atoms with Crippen molar-refractivity contribution in [3.8, 4) is 0 Å². The van der Waals surface area contributed by atoms with Gasteiger partial charge in [0, 0.05) is 0 Å². The van der Waals surface area contributed by atoms with Crippen LogP contribution in [0.4, 0.5) is 0 Å². The van der Waals surface area contributed by atoms with Gasteiger partial charge in [0.1, 0.15) is 0 Å². The Morgan fingerprint density at radius 2 is 1.50 bits per heavy atom. The first kappa shape index (κ1) is 12.7. The van der Waals surface area contributed by atoms with Crippen molar-refractivity contribution in [1.82, 2.24) is 4.90 Å². The number of rotatable bonds is 7. The molecular weight excluding hydrogens is 280 g/mol. The van der Waals surface area contributed by atoms with Crippen molar-refractivity contribution in [2.45, 2.75) is 39.5 Å². The molecule has 0 saturated carbocycles. The molecule has 3 heteroatoms. The predicted molar refractivity (Wildman–Crippen MR) is 57.9 cm³/mol. The molecule has 0 aromatic carbocycles. The van der Waals surface area contributed by atoms with Crippen molar-refractivity contribution >= 4 is 35.0 Å². The fraction of sp³-hybridized carbons (Fsp3) is 0.889. The van der Waals surface area contributed by atoms with Gasteiger partial charge in [-0.3, -0.25) is 0 Å². The van der Waals surface area contributed by atoms with Crippen LogP contribution >= 0.6 is 0 Å². The Hall–Kier alpha value is 0.709. The van der Waals surface area contributed by atoms with Crippen LogP contribution < -0.4 is 0 Å². The van der Waals surface area contributed by atoms with Crippen molar-refractivity contribution in [3.63, 3.8) is 0 Å². The second-order valence-corrected chi connectivity index (χ2v) is 5.89. The van der Waals surface area contributed by atoms with Crippen LogP contribution in [0, 0.1) is 0 Å². The number of hydrogen-bond acceptors (Lipinski definition) is 1. The second kappa shape index (κ2) is 8.31. The van der Waals surface area contributed by atoms with Gasteiger partial charge in [-0.25, -0.2) is 0 Å².